The van der Waals surface area contributed by atoms with Crippen LogP contribution in [-0.2, 0) is 10.2 Å². The van der Waals surface area contributed by atoms with E-state index in [-0.39, 0.29) is 6.04 Å². The Morgan fingerprint density at radius 3 is 2.46 bits per heavy atom. The zero-order valence-electron chi connectivity index (χ0n) is 15.3. The second-order valence-electron chi connectivity index (χ2n) is 7.51. The van der Waals surface area contributed by atoms with Gasteiger partial charge in [-0.2, -0.15) is 17.0 Å². The highest BCUT2D eigenvalue weighted by molar-refractivity contribution is 7.86. The molecule has 1 aliphatic heterocycles. The molecule has 2 heterocycles. The average molecular weight is 394 g/mol. The van der Waals surface area contributed by atoms with Crippen LogP contribution in [0.1, 0.15) is 55.9 Å². The Morgan fingerprint density at radius 1 is 1.08 bits per heavy atom. The van der Waals surface area contributed by atoms with Gasteiger partial charge in [-0.15, -0.1) is 11.3 Å². The second-order valence-corrected chi connectivity index (χ2v) is 10.6. The van der Waals surface area contributed by atoms with E-state index in [0.29, 0.717) is 19.0 Å². The molecule has 5 nitrogen and oxygen atoms in total. The molecule has 1 aliphatic carbocycles. The molecular formula is C19H27N3O2S2. The number of rotatable bonds is 4. The van der Waals surface area contributed by atoms with E-state index < -0.39 is 10.2 Å². The SMILES string of the molecule is CN(C1CCCCC1)S(=O)(=O)N1CCC(c2nc3ccccc3s2)CC1. The highest BCUT2D eigenvalue weighted by Gasteiger charge is 2.35. The summed E-state index contributed by atoms with van der Waals surface area (Å²) in [7, 11) is -1.57. The number of benzene rings is 1. The maximum absolute atomic E-state index is 13.0. The van der Waals surface area contributed by atoms with Crippen molar-refractivity contribution in [3.8, 4) is 0 Å². The number of para-hydroxylation sites is 1. The van der Waals surface area contributed by atoms with Crippen LogP contribution in [0.15, 0.2) is 24.3 Å². The van der Waals surface area contributed by atoms with E-state index in [4.69, 9.17) is 4.98 Å². The number of aromatic nitrogens is 1. The lowest BCUT2D eigenvalue weighted by Crippen LogP contribution is -2.49. The minimum absolute atomic E-state index is 0.177. The molecule has 2 fully saturated rings. The maximum Gasteiger partial charge on any atom is 0.281 e. The molecule has 1 saturated heterocycles. The Labute approximate surface area is 160 Å². The van der Waals surface area contributed by atoms with E-state index in [0.717, 1.165) is 49.0 Å². The van der Waals surface area contributed by atoms with Crippen LogP contribution in [0.25, 0.3) is 10.2 Å². The number of nitrogens with zero attached hydrogens (tertiary/aromatic N) is 3. The zero-order chi connectivity index (χ0) is 18.1. The first-order chi connectivity index (χ1) is 12.6. The van der Waals surface area contributed by atoms with Crippen LogP contribution >= 0.6 is 11.3 Å². The van der Waals surface area contributed by atoms with Crippen LogP contribution in [0.3, 0.4) is 0 Å². The van der Waals surface area contributed by atoms with Gasteiger partial charge in [-0.25, -0.2) is 4.98 Å². The van der Waals surface area contributed by atoms with Crippen LogP contribution < -0.4 is 0 Å². The molecule has 1 aromatic carbocycles. The van der Waals surface area contributed by atoms with Crippen LogP contribution in [0.5, 0.6) is 0 Å². The van der Waals surface area contributed by atoms with Gasteiger partial charge in [-0.1, -0.05) is 31.4 Å². The molecule has 0 N–H and O–H groups in total. The first-order valence-corrected chi connectivity index (χ1v) is 11.9. The van der Waals surface area contributed by atoms with Crippen molar-refractivity contribution >= 4 is 31.8 Å². The Kier molecular flexibility index (Phi) is 5.32. The van der Waals surface area contributed by atoms with Crippen molar-refractivity contribution in [3.63, 3.8) is 0 Å². The Balaban J connectivity index is 1.42. The normalized spacial score (nSPS) is 21.6. The lowest BCUT2D eigenvalue weighted by molar-refractivity contribution is 0.246. The molecule has 2 aliphatic rings. The first kappa shape index (κ1) is 18.3. The summed E-state index contributed by atoms with van der Waals surface area (Å²) in [4.78, 5) is 4.77. The van der Waals surface area contributed by atoms with Crippen molar-refractivity contribution in [2.45, 2.75) is 56.9 Å². The molecule has 0 amide bonds. The predicted octanol–water partition coefficient (Wildman–Crippen LogP) is 3.99. The summed E-state index contributed by atoms with van der Waals surface area (Å²) in [6, 6.07) is 8.39. The van der Waals surface area contributed by atoms with E-state index >= 15 is 0 Å². The first-order valence-electron chi connectivity index (χ1n) is 9.64. The van der Waals surface area contributed by atoms with E-state index in [9.17, 15) is 8.42 Å². The third-order valence-electron chi connectivity index (χ3n) is 5.89. The molecule has 0 bridgehead atoms. The van der Waals surface area contributed by atoms with Gasteiger partial charge in [0.05, 0.1) is 15.2 Å². The topological polar surface area (TPSA) is 53.5 Å². The number of hydrogen-bond donors (Lipinski definition) is 0. The van der Waals surface area contributed by atoms with Crippen LogP contribution in [0, 0.1) is 0 Å². The standard InChI is InChI=1S/C19H27N3O2S2/c1-21(16-7-3-2-4-8-16)26(23,24)22-13-11-15(12-14-22)19-20-17-9-5-6-10-18(17)25-19/h5-6,9-10,15-16H,2-4,7-8,11-14H2,1H3. The lowest BCUT2D eigenvalue weighted by Gasteiger charge is -2.37. The fourth-order valence-electron chi connectivity index (χ4n) is 4.21. The molecule has 0 unspecified atom stereocenters. The third kappa shape index (κ3) is 3.54. The summed E-state index contributed by atoms with van der Waals surface area (Å²) in [6.45, 7) is 1.19. The van der Waals surface area contributed by atoms with E-state index in [1.807, 2.05) is 18.2 Å². The highest BCUT2D eigenvalue weighted by Crippen LogP contribution is 2.35. The molecule has 0 spiro atoms. The van der Waals surface area contributed by atoms with Gasteiger partial charge in [0, 0.05) is 32.1 Å². The number of hydrogen-bond acceptors (Lipinski definition) is 4. The molecule has 26 heavy (non-hydrogen) atoms. The molecule has 0 atom stereocenters. The molecular weight excluding hydrogens is 366 g/mol. The third-order valence-corrected chi connectivity index (χ3v) is 9.14. The van der Waals surface area contributed by atoms with Crippen LogP contribution in [0.4, 0.5) is 0 Å². The summed E-state index contributed by atoms with van der Waals surface area (Å²) in [5.74, 6) is 0.374. The minimum atomic E-state index is -3.34. The van der Waals surface area contributed by atoms with Gasteiger partial charge >= 0.3 is 0 Å². The number of thiazole rings is 1. The van der Waals surface area contributed by atoms with E-state index in [2.05, 4.69) is 6.07 Å². The van der Waals surface area contributed by atoms with Gasteiger partial charge in [0.1, 0.15) is 0 Å². The van der Waals surface area contributed by atoms with Gasteiger partial charge < -0.3 is 0 Å². The molecule has 2 aromatic rings. The van der Waals surface area contributed by atoms with Gasteiger partial charge in [0.25, 0.3) is 10.2 Å². The quantitative estimate of drug-likeness (QED) is 0.789. The van der Waals surface area contributed by atoms with Gasteiger partial charge in [-0.05, 0) is 37.8 Å². The summed E-state index contributed by atoms with van der Waals surface area (Å²) >= 11 is 1.75. The van der Waals surface area contributed by atoms with Crippen molar-refractivity contribution in [1.82, 2.24) is 13.6 Å². The molecule has 1 aromatic heterocycles. The molecule has 142 valence electrons. The van der Waals surface area contributed by atoms with Crippen molar-refractivity contribution in [2.24, 2.45) is 0 Å². The summed E-state index contributed by atoms with van der Waals surface area (Å²) in [5, 5.41) is 1.16. The monoisotopic (exact) mass is 393 g/mol. The van der Waals surface area contributed by atoms with Gasteiger partial charge in [0.15, 0.2) is 0 Å². The van der Waals surface area contributed by atoms with Gasteiger partial charge in [0.2, 0.25) is 0 Å². The highest BCUT2D eigenvalue weighted by atomic mass is 32.2. The maximum atomic E-state index is 13.0. The van der Waals surface area contributed by atoms with E-state index in [1.54, 1.807) is 27.0 Å². The predicted molar refractivity (Wildman–Crippen MR) is 107 cm³/mol. The van der Waals surface area contributed by atoms with Gasteiger partial charge in [-0.3, -0.25) is 0 Å². The van der Waals surface area contributed by atoms with Crippen LogP contribution in [-0.4, -0.2) is 48.2 Å². The Morgan fingerprint density at radius 2 is 1.77 bits per heavy atom. The second kappa shape index (κ2) is 7.54. The number of fused-ring (bicyclic) bond motifs is 1. The summed E-state index contributed by atoms with van der Waals surface area (Å²) < 4.78 is 30.6. The van der Waals surface area contributed by atoms with E-state index in [1.165, 1.54) is 11.1 Å². The van der Waals surface area contributed by atoms with Crippen molar-refractivity contribution in [2.75, 3.05) is 20.1 Å². The van der Waals surface area contributed by atoms with Crippen molar-refractivity contribution in [3.05, 3.63) is 29.3 Å². The lowest BCUT2D eigenvalue weighted by atomic mass is 9.96. The van der Waals surface area contributed by atoms with Crippen molar-refractivity contribution in [1.29, 1.82) is 0 Å². The Bertz CT molecular complexity index is 818. The largest absolute Gasteiger partial charge is 0.281 e. The molecule has 7 heteroatoms. The van der Waals surface area contributed by atoms with Crippen LogP contribution in [0.2, 0.25) is 0 Å². The van der Waals surface area contributed by atoms with Crippen molar-refractivity contribution < 1.29 is 8.42 Å². The fourth-order valence-corrected chi connectivity index (χ4v) is 6.97. The summed E-state index contributed by atoms with van der Waals surface area (Å²) in [5.41, 5.74) is 1.06. The average Bonchev–Trinajstić information content (AvgIpc) is 3.12. The summed E-state index contributed by atoms with van der Waals surface area (Å²) in [6.07, 6.45) is 7.23. The molecule has 0 radical (unpaired) electrons. The number of piperidine rings is 1. The molecule has 1 saturated carbocycles. The minimum Gasteiger partial charge on any atom is -0.241 e. The smallest absolute Gasteiger partial charge is 0.241 e. The fraction of sp³-hybridized carbons (Fsp3) is 0.632. The zero-order valence-corrected chi connectivity index (χ0v) is 16.9. The molecule has 4 rings (SSSR count). The Hall–Kier alpha value is -1.02.